The van der Waals surface area contributed by atoms with Gasteiger partial charge in [0.25, 0.3) is 15.9 Å². The van der Waals surface area contributed by atoms with Crippen LogP contribution in [-0.2, 0) is 10.0 Å². The Labute approximate surface area is 110 Å². The second-order valence-corrected chi connectivity index (χ2v) is 5.42. The SMILES string of the molecule is Cc1ccccc1C(=O)NS(=O)(=O)c1cnccn1. The molecule has 0 aliphatic heterocycles. The molecule has 0 bridgehead atoms. The standard InChI is InChI=1S/C12H11N3O3S/c1-9-4-2-3-5-10(9)12(16)15-19(17,18)11-8-13-6-7-14-11/h2-8H,1H3,(H,15,16). The van der Waals surface area contributed by atoms with Gasteiger partial charge in [0.1, 0.15) is 0 Å². The highest BCUT2D eigenvalue weighted by molar-refractivity contribution is 7.90. The highest BCUT2D eigenvalue weighted by atomic mass is 32.2. The minimum absolute atomic E-state index is 0.295. The number of nitrogens with zero attached hydrogens (tertiary/aromatic N) is 2. The molecule has 1 heterocycles. The van der Waals surface area contributed by atoms with Gasteiger partial charge in [0, 0.05) is 18.0 Å². The summed E-state index contributed by atoms with van der Waals surface area (Å²) in [6.45, 7) is 1.73. The summed E-state index contributed by atoms with van der Waals surface area (Å²) in [6, 6.07) is 6.71. The van der Waals surface area contributed by atoms with E-state index in [1.165, 1.54) is 12.4 Å². The quantitative estimate of drug-likeness (QED) is 0.900. The molecule has 1 aromatic heterocycles. The van der Waals surface area contributed by atoms with Crippen LogP contribution in [0.2, 0.25) is 0 Å². The third-order valence-corrected chi connectivity index (χ3v) is 3.65. The van der Waals surface area contributed by atoms with E-state index in [2.05, 4.69) is 9.97 Å². The van der Waals surface area contributed by atoms with Crippen molar-refractivity contribution >= 4 is 15.9 Å². The number of sulfonamides is 1. The van der Waals surface area contributed by atoms with Crippen molar-refractivity contribution in [3.63, 3.8) is 0 Å². The first kappa shape index (κ1) is 13.2. The minimum atomic E-state index is -4.00. The fourth-order valence-electron chi connectivity index (χ4n) is 1.48. The number of carbonyl (C=O) groups excluding carboxylic acids is 1. The van der Waals surface area contributed by atoms with Gasteiger partial charge in [-0.15, -0.1) is 0 Å². The smallest absolute Gasteiger partial charge is 0.268 e. The first-order chi connectivity index (χ1) is 9.00. The average molecular weight is 277 g/mol. The zero-order valence-electron chi connectivity index (χ0n) is 10.1. The predicted molar refractivity (Wildman–Crippen MR) is 67.9 cm³/mol. The molecule has 1 N–H and O–H groups in total. The molecule has 2 rings (SSSR count). The van der Waals surface area contributed by atoms with Crippen molar-refractivity contribution in [3.8, 4) is 0 Å². The van der Waals surface area contributed by atoms with Gasteiger partial charge >= 0.3 is 0 Å². The van der Waals surface area contributed by atoms with Gasteiger partial charge in [0.15, 0.2) is 5.03 Å². The van der Waals surface area contributed by atoms with Gasteiger partial charge in [-0.2, -0.15) is 8.42 Å². The number of amides is 1. The van der Waals surface area contributed by atoms with Crippen LogP contribution >= 0.6 is 0 Å². The van der Waals surface area contributed by atoms with E-state index in [-0.39, 0.29) is 5.03 Å². The lowest BCUT2D eigenvalue weighted by molar-refractivity contribution is 0.0980. The second-order valence-electron chi connectivity index (χ2n) is 3.79. The molecule has 0 saturated carbocycles. The van der Waals surface area contributed by atoms with E-state index in [1.54, 1.807) is 31.2 Å². The van der Waals surface area contributed by atoms with E-state index in [4.69, 9.17) is 0 Å². The monoisotopic (exact) mass is 277 g/mol. The van der Waals surface area contributed by atoms with Crippen LogP contribution in [0.5, 0.6) is 0 Å². The van der Waals surface area contributed by atoms with E-state index in [1.807, 2.05) is 4.72 Å². The van der Waals surface area contributed by atoms with Gasteiger partial charge < -0.3 is 0 Å². The first-order valence-electron chi connectivity index (χ1n) is 5.39. The van der Waals surface area contributed by atoms with E-state index in [0.29, 0.717) is 11.1 Å². The molecular weight excluding hydrogens is 266 g/mol. The maximum Gasteiger partial charge on any atom is 0.283 e. The molecule has 0 aliphatic rings. The van der Waals surface area contributed by atoms with Crippen LogP contribution < -0.4 is 4.72 Å². The van der Waals surface area contributed by atoms with E-state index >= 15 is 0 Å². The van der Waals surface area contributed by atoms with Crippen LogP contribution in [0.1, 0.15) is 15.9 Å². The molecule has 98 valence electrons. The van der Waals surface area contributed by atoms with Crippen LogP contribution in [0.4, 0.5) is 0 Å². The number of aromatic nitrogens is 2. The fraction of sp³-hybridized carbons (Fsp3) is 0.0833. The Morgan fingerprint density at radius 1 is 1.21 bits per heavy atom. The second kappa shape index (κ2) is 5.15. The summed E-state index contributed by atoms with van der Waals surface area (Å²) < 4.78 is 25.7. The molecule has 1 aromatic carbocycles. The Morgan fingerprint density at radius 2 is 1.95 bits per heavy atom. The molecule has 6 nitrogen and oxygen atoms in total. The summed E-state index contributed by atoms with van der Waals surface area (Å²) in [5.41, 5.74) is 0.990. The molecule has 0 spiro atoms. The fourth-order valence-corrected chi connectivity index (χ4v) is 2.34. The molecule has 19 heavy (non-hydrogen) atoms. The third-order valence-electron chi connectivity index (χ3n) is 2.43. The van der Waals surface area contributed by atoms with Gasteiger partial charge in [-0.1, -0.05) is 18.2 Å². The molecule has 1 amide bonds. The number of benzene rings is 1. The Kier molecular flexibility index (Phi) is 3.57. The number of hydrogen-bond acceptors (Lipinski definition) is 5. The molecule has 0 aliphatic carbocycles. The molecule has 7 heteroatoms. The Morgan fingerprint density at radius 3 is 2.58 bits per heavy atom. The van der Waals surface area contributed by atoms with Crippen LogP contribution in [0.25, 0.3) is 0 Å². The van der Waals surface area contributed by atoms with E-state index in [0.717, 1.165) is 6.20 Å². The van der Waals surface area contributed by atoms with Crippen LogP contribution in [0.3, 0.4) is 0 Å². The topological polar surface area (TPSA) is 89.0 Å². The summed E-state index contributed by atoms with van der Waals surface area (Å²) in [5, 5.41) is -0.295. The Bertz CT molecular complexity index is 699. The highest BCUT2D eigenvalue weighted by Gasteiger charge is 2.20. The Hall–Kier alpha value is -2.28. The minimum Gasteiger partial charge on any atom is -0.268 e. The van der Waals surface area contributed by atoms with Crippen molar-refractivity contribution in [2.75, 3.05) is 0 Å². The third kappa shape index (κ3) is 2.94. The van der Waals surface area contributed by atoms with Crippen LogP contribution in [-0.4, -0.2) is 24.3 Å². The molecule has 2 aromatic rings. The lowest BCUT2D eigenvalue weighted by Gasteiger charge is -2.07. The lowest BCUT2D eigenvalue weighted by Crippen LogP contribution is -2.31. The van der Waals surface area contributed by atoms with Gasteiger partial charge in [-0.3, -0.25) is 9.78 Å². The average Bonchev–Trinajstić information content (AvgIpc) is 2.39. The summed E-state index contributed by atoms with van der Waals surface area (Å²) in [6.07, 6.45) is 3.67. The van der Waals surface area contributed by atoms with Gasteiger partial charge in [-0.05, 0) is 18.6 Å². The lowest BCUT2D eigenvalue weighted by atomic mass is 10.1. The molecule has 0 fully saturated rings. The summed E-state index contributed by atoms with van der Waals surface area (Å²) in [4.78, 5) is 19.2. The summed E-state index contributed by atoms with van der Waals surface area (Å²) >= 11 is 0. The number of hydrogen-bond donors (Lipinski definition) is 1. The summed E-state index contributed by atoms with van der Waals surface area (Å²) in [7, 11) is -4.00. The zero-order valence-corrected chi connectivity index (χ0v) is 10.9. The van der Waals surface area contributed by atoms with Crippen LogP contribution in [0, 0.1) is 6.92 Å². The van der Waals surface area contributed by atoms with Gasteiger partial charge in [0.2, 0.25) is 0 Å². The zero-order chi connectivity index (χ0) is 13.9. The van der Waals surface area contributed by atoms with E-state index in [9.17, 15) is 13.2 Å². The summed E-state index contributed by atoms with van der Waals surface area (Å²) in [5.74, 6) is -0.691. The number of nitrogens with one attached hydrogen (secondary N) is 1. The number of rotatable bonds is 3. The largest absolute Gasteiger partial charge is 0.283 e. The van der Waals surface area contributed by atoms with Gasteiger partial charge in [-0.25, -0.2) is 9.71 Å². The number of aryl methyl sites for hydroxylation is 1. The highest BCUT2D eigenvalue weighted by Crippen LogP contribution is 2.09. The molecule has 0 saturated heterocycles. The predicted octanol–water partition coefficient (Wildman–Crippen LogP) is 0.904. The molecule has 0 radical (unpaired) electrons. The van der Waals surface area contributed by atoms with Crippen molar-refractivity contribution in [2.24, 2.45) is 0 Å². The van der Waals surface area contributed by atoms with E-state index < -0.39 is 15.9 Å². The maximum absolute atomic E-state index is 11.9. The molecular formula is C12H11N3O3S. The molecule has 0 atom stereocenters. The van der Waals surface area contributed by atoms with Gasteiger partial charge in [0.05, 0.1) is 6.20 Å². The molecule has 0 unspecified atom stereocenters. The Balaban J connectivity index is 2.27. The van der Waals surface area contributed by atoms with Crippen molar-refractivity contribution in [1.82, 2.24) is 14.7 Å². The maximum atomic E-state index is 11.9. The van der Waals surface area contributed by atoms with Crippen molar-refractivity contribution in [2.45, 2.75) is 11.9 Å². The van der Waals surface area contributed by atoms with Crippen molar-refractivity contribution in [1.29, 1.82) is 0 Å². The van der Waals surface area contributed by atoms with Crippen molar-refractivity contribution < 1.29 is 13.2 Å². The van der Waals surface area contributed by atoms with Crippen LogP contribution in [0.15, 0.2) is 47.9 Å². The van der Waals surface area contributed by atoms with Crippen molar-refractivity contribution in [3.05, 3.63) is 54.0 Å². The normalized spacial score (nSPS) is 11.0. The number of carbonyl (C=O) groups is 1. The first-order valence-corrected chi connectivity index (χ1v) is 6.88.